The van der Waals surface area contributed by atoms with E-state index in [1.165, 1.54) is 4.80 Å². The Bertz CT molecular complexity index is 468. The lowest BCUT2D eigenvalue weighted by Crippen LogP contribution is -2.02. The highest BCUT2D eigenvalue weighted by atomic mass is 35.5. The van der Waals surface area contributed by atoms with Gasteiger partial charge in [-0.05, 0) is 30.3 Å². The molecule has 1 aromatic heterocycles. The number of para-hydroxylation sites is 1. The molecule has 0 atom stereocenters. The lowest BCUT2D eigenvalue weighted by molar-refractivity contribution is 0.715. The summed E-state index contributed by atoms with van der Waals surface area (Å²) in [6.45, 7) is 0.626. The number of benzene rings is 1. The van der Waals surface area contributed by atoms with Crippen molar-refractivity contribution in [1.82, 2.24) is 20.2 Å². The Morgan fingerprint density at radius 1 is 1.31 bits per heavy atom. The van der Waals surface area contributed by atoms with Crippen molar-refractivity contribution in [3.63, 3.8) is 0 Å². The molecule has 0 spiro atoms. The third-order valence-electron chi connectivity index (χ3n) is 2.13. The average Bonchev–Trinajstić information content (AvgIpc) is 2.75. The van der Waals surface area contributed by atoms with Crippen molar-refractivity contribution in [3.05, 3.63) is 35.1 Å². The quantitative estimate of drug-likeness (QED) is 0.868. The summed E-state index contributed by atoms with van der Waals surface area (Å²) in [5.41, 5.74) is 6.15. The number of tetrazole rings is 1. The minimum Gasteiger partial charge on any atom is -0.330 e. The van der Waals surface area contributed by atoms with Gasteiger partial charge in [-0.15, -0.1) is 15.0 Å². The van der Waals surface area contributed by atoms with Gasteiger partial charge in [0, 0.05) is 6.42 Å². The molecular formula is C10H12ClN5. The zero-order valence-corrected chi connectivity index (χ0v) is 9.43. The van der Waals surface area contributed by atoms with Crippen molar-refractivity contribution in [1.29, 1.82) is 0 Å². The highest BCUT2D eigenvalue weighted by Crippen LogP contribution is 2.17. The van der Waals surface area contributed by atoms with E-state index in [1.807, 2.05) is 18.2 Å². The zero-order valence-electron chi connectivity index (χ0n) is 8.67. The van der Waals surface area contributed by atoms with E-state index >= 15 is 0 Å². The monoisotopic (exact) mass is 237 g/mol. The van der Waals surface area contributed by atoms with Gasteiger partial charge in [0.25, 0.3) is 0 Å². The number of hydrogen-bond donors (Lipinski definition) is 1. The summed E-state index contributed by atoms with van der Waals surface area (Å²) in [6, 6.07) is 7.37. The molecule has 0 radical (unpaired) electrons. The lowest BCUT2D eigenvalue weighted by atomic mass is 10.3. The van der Waals surface area contributed by atoms with Gasteiger partial charge in [-0.25, -0.2) is 0 Å². The van der Waals surface area contributed by atoms with Crippen LogP contribution in [-0.4, -0.2) is 26.8 Å². The first-order chi connectivity index (χ1) is 7.81. The van der Waals surface area contributed by atoms with Crippen LogP contribution in [0.5, 0.6) is 0 Å². The van der Waals surface area contributed by atoms with Gasteiger partial charge in [-0.2, -0.15) is 0 Å². The summed E-state index contributed by atoms with van der Waals surface area (Å²) < 4.78 is 0. The molecule has 0 unspecified atom stereocenters. The number of nitrogens with two attached hydrogens (primary N) is 1. The Hall–Kier alpha value is -1.46. The largest absolute Gasteiger partial charge is 0.330 e. The molecule has 84 valence electrons. The van der Waals surface area contributed by atoms with Crippen molar-refractivity contribution in [2.75, 3.05) is 6.54 Å². The van der Waals surface area contributed by atoms with Crippen molar-refractivity contribution in [2.24, 2.45) is 5.73 Å². The maximum Gasteiger partial charge on any atom is 0.175 e. The van der Waals surface area contributed by atoms with Crippen LogP contribution < -0.4 is 5.73 Å². The van der Waals surface area contributed by atoms with Crippen LogP contribution in [-0.2, 0) is 6.42 Å². The number of aromatic nitrogens is 4. The van der Waals surface area contributed by atoms with Gasteiger partial charge in [-0.3, -0.25) is 0 Å². The third-order valence-corrected chi connectivity index (χ3v) is 2.45. The maximum absolute atomic E-state index is 6.02. The van der Waals surface area contributed by atoms with Crippen LogP contribution in [0.4, 0.5) is 0 Å². The molecule has 5 nitrogen and oxygen atoms in total. The first-order valence-corrected chi connectivity index (χ1v) is 5.43. The summed E-state index contributed by atoms with van der Waals surface area (Å²) in [6.07, 6.45) is 1.59. The van der Waals surface area contributed by atoms with Crippen molar-refractivity contribution < 1.29 is 0 Å². The molecule has 6 heteroatoms. The summed E-state index contributed by atoms with van der Waals surface area (Å²) in [7, 11) is 0. The highest BCUT2D eigenvalue weighted by Gasteiger charge is 2.06. The molecule has 2 rings (SSSR count). The SMILES string of the molecule is NCCCc1nnn(-c2ccccc2Cl)n1. The second-order valence-electron chi connectivity index (χ2n) is 3.34. The molecule has 0 amide bonds. The van der Waals surface area contributed by atoms with Crippen LogP contribution in [0.2, 0.25) is 5.02 Å². The van der Waals surface area contributed by atoms with Gasteiger partial charge in [0.2, 0.25) is 0 Å². The lowest BCUT2D eigenvalue weighted by Gasteiger charge is -1.99. The van der Waals surface area contributed by atoms with Gasteiger partial charge in [0.05, 0.1) is 5.02 Å². The van der Waals surface area contributed by atoms with Crippen LogP contribution in [0.25, 0.3) is 5.69 Å². The molecule has 16 heavy (non-hydrogen) atoms. The summed E-state index contributed by atoms with van der Waals surface area (Å²) >= 11 is 6.02. The molecular weight excluding hydrogens is 226 g/mol. The molecule has 2 aromatic rings. The molecule has 1 aromatic carbocycles. The Balaban J connectivity index is 2.22. The van der Waals surface area contributed by atoms with Gasteiger partial charge >= 0.3 is 0 Å². The summed E-state index contributed by atoms with van der Waals surface area (Å²) in [5, 5.41) is 12.7. The predicted octanol–water partition coefficient (Wildman–Crippen LogP) is 1.21. The molecule has 0 saturated carbocycles. The smallest absolute Gasteiger partial charge is 0.175 e. The first-order valence-electron chi connectivity index (χ1n) is 5.05. The van der Waals surface area contributed by atoms with E-state index in [-0.39, 0.29) is 0 Å². The Morgan fingerprint density at radius 2 is 2.12 bits per heavy atom. The number of halogens is 1. The first kappa shape index (κ1) is 11.0. The van der Waals surface area contributed by atoms with E-state index in [9.17, 15) is 0 Å². The molecule has 0 fully saturated rings. The Morgan fingerprint density at radius 3 is 2.88 bits per heavy atom. The minimum atomic E-state index is 0.602. The van der Waals surface area contributed by atoms with Crippen LogP contribution >= 0.6 is 11.6 Å². The fourth-order valence-electron chi connectivity index (χ4n) is 1.32. The molecule has 0 aliphatic rings. The van der Waals surface area contributed by atoms with E-state index in [0.29, 0.717) is 17.4 Å². The van der Waals surface area contributed by atoms with E-state index in [0.717, 1.165) is 18.5 Å². The molecule has 0 aliphatic heterocycles. The van der Waals surface area contributed by atoms with E-state index in [2.05, 4.69) is 15.4 Å². The molecule has 0 saturated heterocycles. The highest BCUT2D eigenvalue weighted by molar-refractivity contribution is 6.32. The van der Waals surface area contributed by atoms with Gasteiger partial charge in [0.1, 0.15) is 5.69 Å². The van der Waals surface area contributed by atoms with Crippen molar-refractivity contribution in [2.45, 2.75) is 12.8 Å². The molecule has 0 aliphatic carbocycles. The maximum atomic E-state index is 6.02. The van der Waals surface area contributed by atoms with E-state index in [1.54, 1.807) is 6.07 Å². The minimum absolute atomic E-state index is 0.602. The van der Waals surface area contributed by atoms with E-state index in [4.69, 9.17) is 17.3 Å². The molecule has 0 bridgehead atoms. The number of aryl methyl sites for hydroxylation is 1. The van der Waals surface area contributed by atoms with Crippen LogP contribution in [0.1, 0.15) is 12.2 Å². The van der Waals surface area contributed by atoms with Crippen LogP contribution in [0, 0.1) is 0 Å². The zero-order chi connectivity index (χ0) is 11.4. The van der Waals surface area contributed by atoms with Gasteiger partial charge < -0.3 is 5.73 Å². The number of hydrogen-bond acceptors (Lipinski definition) is 4. The third kappa shape index (κ3) is 2.37. The fraction of sp³-hybridized carbons (Fsp3) is 0.300. The fourth-order valence-corrected chi connectivity index (χ4v) is 1.53. The Labute approximate surface area is 98.2 Å². The normalized spacial score (nSPS) is 10.6. The predicted molar refractivity (Wildman–Crippen MR) is 61.5 cm³/mol. The summed E-state index contributed by atoms with van der Waals surface area (Å²) in [5.74, 6) is 0.686. The van der Waals surface area contributed by atoms with Crippen LogP contribution in [0.15, 0.2) is 24.3 Å². The molecule has 1 heterocycles. The standard InChI is InChI=1S/C10H12ClN5/c11-8-4-1-2-5-9(8)16-14-10(13-15-16)6-3-7-12/h1-2,4-5H,3,6-7,12H2. The second kappa shape index (κ2) is 5.05. The van der Waals surface area contributed by atoms with E-state index < -0.39 is 0 Å². The van der Waals surface area contributed by atoms with Gasteiger partial charge in [-0.1, -0.05) is 23.7 Å². The van der Waals surface area contributed by atoms with Crippen molar-refractivity contribution >= 4 is 11.6 Å². The Kier molecular flexibility index (Phi) is 3.48. The number of nitrogens with zero attached hydrogens (tertiary/aromatic N) is 4. The van der Waals surface area contributed by atoms with Gasteiger partial charge in [0.15, 0.2) is 5.82 Å². The molecule has 2 N–H and O–H groups in total. The summed E-state index contributed by atoms with van der Waals surface area (Å²) in [4.78, 5) is 1.44. The average molecular weight is 238 g/mol. The second-order valence-corrected chi connectivity index (χ2v) is 3.75. The number of rotatable bonds is 4. The van der Waals surface area contributed by atoms with Crippen molar-refractivity contribution in [3.8, 4) is 5.69 Å². The van der Waals surface area contributed by atoms with Crippen LogP contribution in [0.3, 0.4) is 0 Å². The topological polar surface area (TPSA) is 69.6 Å².